The van der Waals surface area contributed by atoms with Crippen LogP contribution in [0.5, 0.6) is 0 Å². The van der Waals surface area contributed by atoms with Gasteiger partial charge < -0.3 is 25.4 Å². The van der Waals surface area contributed by atoms with Crippen molar-refractivity contribution in [1.29, 1.82) is 0 Å². The number of carbonyl (C=O) groups excluding carboxylic acids is 1. The molecule has 8 heteroatoms. The van der Waals surface area contributed by atoms with Crippen molar-refractivity contribution in [2.75, 3.05) is 47.0 Å². The van der Waals surface area contributed by atoms with Crippen LogP contribution < -0.4 is 10.6 Å². The molecule has 2 rings (SSSR count). The lowest BCUT2D eigenvalue weighted by Gasteiger charge is -2.36. The molecule has 1 unspecified atom stereocenters. The number of amides is 1. The van der Waals surface area contributed by atoms with Gasteiger partial charge in [-0.3, -0.25) is 9.79 Å². The SMILES string of the molecule is CN=C(NCC1(CO)CCOCC1)NC1CCC(=O)N(C)C1.I. The van der Waals surface area contributed by atoms with E-state index in [0.717, 1.165) is 25.2 Å². The Kier molecular flexibility index (Phi) is 8.56. The topological polar surface area (TPSA) is 86.2 Å². The number of aliphatic hydroxyl groups excluding tert-OH is 1. The lowest BCUT2D eigenvalue weighted by Crippen LogP contribution is -2.53. The van der Waals surface area contributed by atoms with Crippen molar-refractivity contribution >= 4 is 35.8 Å². The molecule has 0 saturated carbocycles. The molecule has 2 heterocycles. The number of rotatable bonds is 4. The largest absolute Gasteiger partial charge is 0.396 e. The van der Waals surface area contributed by atoms with Crippen LogP contribution in [-0.2, 0) is 9.53 Å². The van der Waals surface area contributed by atoms with Crippen molar-refractivity contribution in [2.45, 2.75) is 31.7 Å². The van der Waals surface area contributed by atoms with Crippen LogP contribution in [0, 0.1) is 5.41 Å². The molecule has 3 N–H and O–H groups in total. The summed E-state index contributed by atoms with van der Waals surface area (Å²) in [6.07, 6.45) is 3.11. The molecule has 0 radical (unpaired) electrons. The third kappa shape index (κ3) is 5.75. The third-order valence-electron chi connectivity index (χ3n) is 4.71. The zero-order valence-corrected chi connectivity index (χ0v) is 16.3. The van der Waals surface area contributed by atoms with Crippen molar-refractivity contribution in [3.63, 3.8) is 0 Å². The number of likely N-dealkylation sites (tertiary alicyclic amines) is 1. The Morgan fingerprint density at radius 2 is 2.17 bits per heavy atom. The Morgan fingerprint density at radius 3 is 2.74 bits per heavy atom. The zero-order chi connectivity index (χ0) is 16.0. The van der Waals surface area contributed by atoms with Gasteiger partial charge in [0.05, 0.1) is 6.61 Å². The van der Waals surface area contributed by atoms with Crippen LogP contribution in [0.4, 0.5) is 0 Å². The summed E-state index contributed by atoms with van der Waals surface area (Å²) >= 11 is 0. The molecule has 0 aliphatic carbocycles. The molecule has 2 saturated heterocycles. The van der Waals surface area contributed by atoms with Crippen LogP contribution >= 0.6 is 24.0 Å². The monoisotopic (exact) mass is 440 g/mol. The predicted octanol–water partition coefficient (Wildman–Crippen LogP) is 0.179. The van der Waals surface area contributed by atoms with E-state index < -0.39 is 0 Å². The highest BCUT2D eigenvalue weighted by atomic mass is 127. The first kappa shape index (κ1) is 20.4. The van der Waals surface area contributed by atoms with Crippen molar-refractivity contribution in [1.82, 2.24) is 15.5 Å². The minimum atomic E-state index is -0.130. The number of nitrogens with one attached hydrogen (secondary N) is 2. The van der Waals surface area contributed by atoms with Gasteiger partial charge in [-0.2, -0.15) is 0 Å². The number of hydrogen-bond acceptors (Lipinski definition) is 4. The molecular weight excluding hydrogens is 411 g/mol. The van der Waals surface area contributed by atoms with E-state index in [0.29, 0.717) is 32.7 Å². The number of halogens is 1. The molecule has 2 aliphatic heterocycles. The predicted molar refractivity (Wildman–Crippen MR) is 100 cm³/mol. The smallest absolute Gasteiger partial charge is 0.222 e. The average Bonchev–Trinajstić information content (AvgIpc) is 2.55. The molecule has 1 amide bonds. The maximum Gasteiger partial charge on any atom is 0.222 e. The molecule has 0 spiro atoms. The minimum Gasteiger partial charge on any atom is -0.396 e. The number of carbonyl (C=O) groups is 1. The summed E-state index contributed by atoms with van der Waals surface area (Å²) in [6.45, 7) is 2.92. The second-order valence-corrected chi connectivity index (χ2v) is 6.35. The summed E-state index contributed by atoms with van der Waals surface area (Å²) in [7, 11) is 3.57. The Balaban J connectivity index is 0.00000264. The van der Waals surface area contributed by atoms with Crippen LogP contribution in [0.2, 0.25) is 0 Å². The highest BCUT2D eigenvalue weighted by molar-refractivity contribution is 14.0. The normalized spacial score (nSPS) is 24.8. The van der Waals surface area contributed by atoms with Crippen molar-refractivity contribution < 1.29 is 14.6 Å². The molecule has 23 heavy (non-hydrogen) atoms. The Bertz CT molecular complexity index is 414. The molecule has 0 aromatic carbocycles. The van der Waals surface area contributed by atoms with Gasteiger partial charge in [0, 0.05) is 58.3 Å². The quantitative estimate of drug-likeness (QED) is 0.330. The maximum absolute atomic E-state index is 11.5. The van der Waals surface area contributed by atoms with Gasteiger partial charge in [-0.1, -0.05) is 0 Å². The summed E-state index contributed by atoms with van der Waals surface area (Å²) in [4.78, 5) is 17.5. The zero-order valence-electron chi connectivity index (χ0n) is 14.0. The van der Waals surface area contributed by atoms with Gasteiger partial charge in [0.2, 0.25) is 5.91 Å². The lowest BCUT2D eigenvalue weighted by molar-refractivity contribution is -0.132. The summed E-state index contributed by atoms with van der Waals surface area (Å²) in [6, 6.07) is 0.216. The van der Waals surface area contributed by atoms with Gasteiger partial charge in [-0.15, -0.1) is 24.0 Å². The molecule has 0 bridgehead atoms. The molecule has 7 nitrogen and oxygen atoms in total. The van der Waals surface area contributed by atoms with Crippen LogP contribution in [0.3, 0.4) is 0 Å². The molecule has 134 valence electrons. The van der Waals surface area contributed by atoms with E-state index in [-0.39, 0.29) is 47.9 Å². The van der Waals surface area contributed by atoms with Crippen LogP contribution in [0.1, 0.15) is 25.7 Å². The number of aliphatic imine (C=N–C) groups is 1. The van der Waals surface area contributed by atoms with Gasteiger partial charge in [-0.25, -0.2) is 0 Å². The number of hydrogen-bond donors (Lipinski definition) is 3. The number of nitrogens with zero attached hydrogens (tertiary/aromatic N) is 2. The molecule has 2 fully saturated rings. The fourth-order valence-corrected chi connectivity index (χ4v) is 2.98. The third-order valence-corrected chi connectivity index (χ3v) is 4.71. The molecule has 2 aliphatic rings. The first-order valence-electron chi connectivity index (χ1n) is 7.98. The van der Waals surface area contributed by atoms with E-state index in [1.807, 2.05) is 7.05 Å². The highest BCUT2D eigenvalue weighted by Gasteiger charge is 2.32. The number of guanidine groups is 1. The number of likely N-dealkylation sites (N-methyl/N-ethyl adjacent to an activating group) is 1. The van der Waals surface area contributed by atoms with Gasteiger partial charge in [0.25, 0.3) is 0 Å². The lowest BCUT2D eigenvalue weighted by atomic mass is 9.81. The second-order valence-electron chi connectivity index (χ2n) is 6.35. The molecule has 1 atom stereocenters. The van der Waals surface area contributed by atoms with Crippen molar-refractivity contribution in [3.05, 3.63) is 0 Å². The van der Waals surface area contributed by atoms with Gasteiger partial charge in [0.15, 0.2) is 5.96 Å². The first-order chi connectivity index (χ1) is 10.6. The summed E-state index contributed by atoms with van der Waals surface area (Å²) in [5.41, 5.74) is -0.130. The van der Waals surface area contributed by atoms with Gasteiger partial charge >= 0.3 is 0 Å². The van der Waals surface area contributed by atoms with Crippen molar-refractivity contribution in [2.24, 2.45) is 10.4 Å². The minimum absolute atomic E-state index is 0. The first-order valence-corrected chi connectivity index (χ1v) is 7.98. The summed E-state index contributed by atoms with van der Waals surface area (Å²) in [5, 5.41) is 16.4. The molecular formula is C15H29IN4O3. The van der Waals surface area contributed by atoms with Gasteiger partial charge in [0.1, 0.15) is 0 Å². The van der Waals surface area contributed by atoms with E-state index in [1.165, 1.54) is 0 Å². The average molecular weight is 440 g/mol. The summed E-state index contributed by atoms with van der Waals surface area (Å²) in [5.74, 6) is 0.925. The fourth-order valence-electron chi connectivity index (χ4n) is 2.98. The number of ether oxygens (including phenoxy) is 1. The van der Waals surface area contributed by atoms with Crippen LogP contribution in [0.25, 0.3) is 0 Å². The summed E-state index contributed by atoms with van der Waals surface area (Å²) < 4.78 is 5.38. The second kappa shape index (κ2) is 9.63. The van der Waals surface area contributed by atoms with Crippen molar-refractivity contribution in [3.8, 4) is 0 Å². The van der Waals surface area contributed by atoms with E-state index in [1.54, 1.807) is 11.9 Å². The van der Waals surface area contributed by atoms with E-state index >= 15 is 0 Å². The standard InChI is InChI=1S/C15H28N4O3.HI/c1-16-14(18-12-3-4-13(21)19(2)9-12)17-10-15(11-20)5-7-22-8-6-15;/h12,20H,3-11H2,1-2H3,(H2,16,17,18);1H. The number of piperidine rings is 1. The Morgan fingerprint density at radius 1 is 1.48 bits per heavy atom. The van der Waals surface area contributed by atoms with Gasteiger partial charge in [-0.05, 0) is 19.3 Å². The van der Waals surface area contributed by atoms with E-state index in [9.17, 15) is 9.90 Å². The Labute approximate surface area is 155 Å². The van der Waals surface area contributed by atoms with Crippen LogP contribution in [0.15, 0.2) is 4.99 Å². The fraction of sp³-hybridized carbons (Fsp3) is 0.867. The van der Waals surface area contributed by atoms with Crippen LogP contribution in [-0.4, -0.2) is 74.9 Å². The van der Waals surface area contributed by atoms with E-state index in [4.69, 9.17) is 4.74 Å². The van der Waals surface area contributed by atoms with E-state index in [2.05, 4.69) is 15.6 Å². The molecule has 0 aromatic heterocycles. The molecule has 0 aromatic rings. The Hall–Kier alpha value is -0.610. The highest BCUT2D eigenvalue weighted by Crippen LogP contribution is 2.28. The number of aliphatic hydroxyl groups is 1. The maximum atomic E-state index is 11.5.